The summed E-state index contributed by atoms with van der Waals surface area (Å²) in [6.45, 7) is 12.7. The third-order valence-corrected chi connectivity index (χ3v) is 3.93. The van der Waals surface area contributed by atoms with Gasteiger partial charge in [-0.1, -0.05) is 39.8 Å². The summed E-state index contributed by atoms with van der Waals surface area (Å²) < 4.78 is 0. The fourth-order valence-corrected chi connectivity index (χ4v) is 2.54. The van der Waals surface area contributed by atoms with Crippen LogP contribution in [0.25, 0.3) is 0 Å². The zero-order chi connectivity index (χ0) is 18.3. The zero-order valence-electron chi connectivity index (χ0n) is 15.5. The van der Waals surface area contributed by atoms with Crippen molar-refractivity contribution in [3.8, 4) is 12.1 Å². The van der Waals surface area contributed by atoms with Crippen LogP contribution in [0.1, 0.15) is 72.9 Å². The molecule has 0 aliphatic carbocycles. The molecule has 0 radical (unpaired) electrons. The van der Waals surface area contributed by atoms with E-state index in [0.29, 0.717) is 11.8 Å². The lowest BCUT2D eigenvalue weighted by molar-refractivity contribution is 0.856. The lowest BCUT2D eigenvalue weighted by Crippen LogP contribution is -1.92. The van der Waals surface area contributed by atoms with E-state index in [9.17, 15) is 0 Å². The molecule has 0 amide bonds. The summed E-state index contributed by atoms with van der Waals surface area (Å²) in [6.07, 6.45) is 0. The molecule has 0 saturated heterocycles. The van der Waals surface area contributed by atoms with Crippen molar-refractivity contribution in [1.29, 1.82) is 10.5 Å². The molecule has 0 heterocycles. The van der Waals surface area contributed by atoms with Crippen LogP contribution >= 0.6 is 0 Å². The fraction of sp³-hybridized carbons (Fsp3) is 0.364. The minimum absolute atomic E-state index is 0.497. The topological polar surface area (TPSA) is 47.6 Å². The molecule has 0 aliphatic heterocycles. The highest BCUT2D eigenvalue weighted by molar-refractivity contribution is 5.39. The van der Waals surface area contributed by atoms with E-state index >= 15 is 0 Å². The lowest BCUT2D eigenvalue weighted by Gasteiger charge is -2.08. The molecular weight excluding hydrogens is 292 g/mol. The van der Waals surface area contributed by atoms with Crippen LogP contribution < -0.4 is 0 Å². The summed E-state index contributed by atoms with van der Waals surface area (Å²) in [5.74, 6) is 0.996. The predicted octanol–water partition coefficient (Wildman–Crippen LogP) is 5.98. The van der Waals surface area contributed by atoms with Gasteiger partial charge in [-0.3, -0.25) is 0 Å². The van der Waals surface area contributed by atoms with Gasteiger partial charge in [0.1, 0.15) is 0 Å². The number of aryl methyl sites for hydroxylation is 2. The van der Waals surface area contributed by atoms with Crippen molar-refractivity contribution < 1.29 is 0 Å². The normalized spacial score (nSPS) is 9.92. The zero-order valence-corrected chi connectivity index (χ0v) is 15.5. The van der Waals surface area contributed by atoms with Crippen molar-refractivity contribution in [1.82, 2.24) is 0 Å². The van der Waals surface area contributed by atoms with Crippen molar-refractivity contribution in [2.75, 3.05) is 0 Å². The smallest absolute Gasteiger partial charge is 0.0991 e. The molecule has 0 spiro atoms. The molecule has 2 aromatic carbocycles. The Morgan fingerprint density at radius 3 is 1.88 bits per heavy atom. The Labute approximate surface area is 146 Å². The molecule has 24 heavy (non-hydrogen) atoms. The Morgan fingerprint density at radius 1 is 0.750 bits per heavy atom. The van der Waals surface area contributed by atoms with E-state index in [2.05, 4.69) is 52.8 Å². The van der Waals surface area contributed by atoms with Crippen LogP contribution in [0.15, 0.2) is 36.4 Å². The highest BCUT2D eigenvalue weighted by Gasteiger charge is 2.03. The third kappa shape index (κ3) is 5.56. The summed E-state index contributed by atoms with van der Waals surface area (Å²) >= 11 is 0. The average molecular weight is 318 g/mol. The van der Waals surface area contributed by atoms with Gasteiger partial charge in [-0.2, -0.15) is 10.5 Å². The number of nitriles is 2. The van der Waals surface area contributed by atoms with Gasteiger partial charge < -0.3 is 0 Å². The van der Waals surface area contributed by atoms with Gasteiger partial charge in [0.2, 0.25) is 0 Å². The van der Waals surface area contributed by atoms with Gasteiger partial charge in [-0.25, -0.2) is 0 Å². The first-order valence-corrected chi connectivity index (χ1v) is 8.30. The average Bonchev–Trinajstić information content (AvgIpc) is 2.55. The van der Waals surface area contributed by atoms with Crippen molar-refractivity contribution >= 4 is 0 Å². The van der Waals surface area contributed by atoms with Gasteiger partial charge in [0.25, 0.3) is 0 Å². The molecule has 0 N–H and O–H groups in total. The van der Waals surface area contributed by atoms with E-state index in [1.165, 1.54) is 16.7 Å². The van der Waals surface area contributed by atoms with Gasteiger partial charge in [0.15, 0.2) is 0 Å². The second-order valence-corrected chi connectivity index (χ2v) is 6.74. The van der Waals surface area contributed by atoms with Gasteiger partial charge in [-0.15, -0.1) is 0 Å². The Bertz CT molecular complexity index is 772. The number of nitrogens with zero attached hydrogens (tertiary/aromatic N) is 2. The molecule has 0 bridgehead atoms. The molecule has 2 nitrogen and oxygen atoms in total. The van der Waals surface area contributed by atoms with Crippen LogP contribution in [0.3, 0.4) is 0 Å². The maximum atomic E-state index is 8.72. The van der Waals surface area contributed by atoms with Crippen LogP contribution in [-0.4, -0.2) is 0 Å². The van der Waals surface area contributed by atoms with Crippen LogP contribution in [0.2, 0.25) is 0 Å². The second-order valence-electron chi connectivity index (χ2n) is 6.74. The van der Waals surface area contributed by atoms with E-state index in [0.717, 1.165) is 16.7 Å². The van der Waals surface area contributed by atoms with Crippen molar-refractivity contribution in [3.63, 3.8) is 0 Å². The maximum Gasteiger partial charge on any atom is 0.0991 e. The molecule has 2 aromatic rings. The first kappa shape index (κ1) is 19.5. The predicted molar refractivity (Wildman–Crippen MR) is 100.0 cm³/mol. The molecule has 0 unspecified atom stereocenters. The standard InChI is InChI=1S/2C11H13N/c1-8(2)11-5-9(3)4-10(6-11)7-12;1-8(2)11-6-10(7-12)5-4-9(11)3/h2*4-6,8H,1-3H3. The number of hydrogen-bond acceptors (Lipinski definition) is 2. The van der Waals surface area contributed by atoms with E-state index < -0.39 is 0 Å². The van der Waals surface area contributed by atoms with Crippen molar-refractivity contribution in [3.05, 3.63) is 69.8 Å². The van der Waals surface area contributed by atoms with Crippen molar-refractivity contribution in [2.24, 2.45) is 0 Å². The molecule has 0 atom stereocenters. The summed E-state index contributed by atoms with van der Waals surface area (Å²) in [5.41, 5.74) is 6.46. The monoisotopic (exact) mass is 318 g/mol. The fourth-order valence-electron chi connectivity index (χ4n) is 2.54. The van der Waals surface area contributed by atoms with E-state index in [-0.39, 0.29) is 0 Å². The number of benzene rings is 2. The second kappa shape index (κ2) is 8.90. The molecular formula is C22H26N2. The minimum atomic E-state index is 0.497. The van der Waals surface area contributed by atoms with Gasteiger partial charge in [-0.05, 0) is 72.2 Å². The van der Waals surface area contributed by atoms with E-state index in [4.69, 9.17) is 10.5 Å². The van der Waals surface area contributed by atoms with Gasteiger partial charge >= 0.3 is 0 Å². The quantitative estimate of drug-likeness (QED) is 0.683. The molecule has 0 aliphatic rings. The Hall–Kier alpha value is -2.58. The Kier molecular flexibility index (Phi) is 7.22. The van der Waals surface area contributed by atoms with E-state index in [1.54, 1.807) is 0 Å². The molecule has 124 valence electrons. The first-order chi connectivity index (χ1) is 11.3. The van der Waals surface area contributed by atoms with Crippen LogP contribution in [0, 0.1) is 36.5 Å². The Balaban J connectivity index is 0.000000240. The van der Waals surface area contributed by atoms with E-state index in [1.807, 2.05) is 37.3 Å². The summed E-state index contributed by atoms with van der Waals surface area (Å²) in [6, 6.07) is 16.1. The van der Waals surface area contributed by atoms with Gasteiger partial charge in [0.05, 0.1) is 23.3 Å². The molecule has 2 heteroatoms. The van der Waals surface area contributed by atoms with Crippen molar-refractivity contribution in [2.45, 2.75) is 53.4 Å². The highest BCUT2D eigenvalue weighted by atomic mass is 14.2. The summed E-state index contributed by atoms with van der Waals surface area (Å²) in [5, 5.41) is 17.4. The maximum absolute atomic E-state index is 8.72. The lowest BCUT2D eigenvalue weighted by atomic mass is 9.96. The molecule has 0 saturated carbocycles. The molecule has 0 fully saturated rings. The van der Waals surface area contributed by atoms with Crippen LogP contribution in [-0.2, 0) is 0 Å². The minimum Gasteiger partial charge on any atom is -0.192 e. The number of hydrogen-bond donors (Lipinski definition) is 0. The van der Waals surface area contributed by atoms with Crippen LogP contribution in [0.5, 0.6) is 0 Å². The SMILES string of the molecule is Cc1cc(C#N)cc(C(C)C)c1.Cc1ccc(C#N)cc1C(C)C. The summed E-state index contributed by atoms with van der Waals surface area (Å²) in [7, 11) is 0. The molecule has 2 rings (SSSR count). The number of rotatable bonds is 2. The highest BCUT2D eigenvalue weighted by Crippen LogP contribution is 2.20. The Morgan fingerprint density at radius 2 is 1.38 bits per heavy atom. The largest absolute Gasteiger partial charge is 0.192 e. The molecule has 0 aromatic heterocycles. The first-order valence-electron chi connectivity index (χ1n) is 8.30. The summed E-state index contributed by atoms with van der Waals surface area (Å²) in [4.78, 5) is 0. The third-order valence-electron chi connectivity index (χ3n) is 3.93. The van der Waals surface area contributed by atoms with Crippen LogP contribution in [0.4, 0.5) is 0 Å². The van der Waals surface area contributed by atoms with Gasteiger partial charge in [0, 0.05) is 0 Å².